The Morgan fingerprint density at radius 1 is 1.39 bits per heavy atom. The first-order valence-electron chi connectivity index (χ1n) is 7.39. The SMILES string of the molecule is CCC(C)C(NC(=O)C=Cc1sc2ccccc2c1Cl)C(N)=O. The van der Waals surface area contributed by atoms with Crippen LogP contribution in [-0.2, 0) is 9.59 Å². The van der Waals surface area contributed by atoms with E-state index in [1.807, 2.05) is 38.1 Å². The summed E-state index contributed by atoms with van der Waals surface area (Å²) in [7, 11) is 0. The van der Waals surface area contributed by atoms with Crippen molar-refractivity contribution < 1.29 is 9.59 Å². The normalized spacial score (nSPS) is 14.0. The molecule has 122 valence electrons. The van der Waals surface area contributed by atoms with Crippen LogP contribution in [0.1, 0.15) is 25.1 Å². The van der Waals surface area contributed by atoms with E-state index in [2.05, 4.69) is 5.32 Å². The van der Waals surface area contributed by atoms with Gasteiger partial charge in [-0.25, -0.2) is 0 Å². The summed E-state index contributed by atoms with van der Waals surface area (Å²) in [4.78, 5) is 24.3. The van der Waals surface area contributed by atoms with E-state index in [-0.39, 0.29) is 11.8 Å². The van der Waals surface area contributed by atoms with E-state index in [1.165, 1.54) is 17.4 Å². The first-order chi connectivity index (χ1) is 10.9. The first kappa shape index (κ1) is 17.5. The van der Waals surface area contributed by atoms with Crippen LogP contribution in [0.4, 0.5) is 0 Å². The highest BCUT2D eigenvalue weighted by Gasteiger charge is 2.22. The monoisotopic (exact) mass is 350 g/mol. The molecule has 0 aliphatic carbocycles. The smallest absolute Gasteiger partial charge is 0.244 e. The number of nitrogens with two attached hydrogens (primary N) is 1. The predicted octanol–water partition coefficient (Wildman–Crippen LogP) is 3.58. The predicted molar refractivity (Wildman–Crippen MR) is 96.4 cm³/mol. The molecule has 3 N–H and O–H groups in total. The lowest BCUT2D eigenvalue weighted by Crippen LogP contribution is -2.47. The molecule has 0 fully saturated rings. The van der Waals surface area contributed by atoms with Crippen LogP contribution >= 0.6 is 22.9 Å². The van der Waals surface area contributed by atoms with Crippen LogP contribution in [0.15, 0.2) is 30.3 Å². The molecular formula is C17H19ClN2O2S. The highest BCUT2D eigenvalue weighted by atomic mass is 35.5. The maximum absolute atomic E-state index is 12.0. The first-order valence-corrected chi connectivity index (χ1v) is 8.58. The van der Waals surface area contributed by atoms with Crippen LogP contribution in [-0.4, -0.2) is 17.9 Å². The maximum atomic E-state index is 12.0. The van der Waals surface area contributed by atoms with Gasteiger partial charge in [0.2, 0.25) is 11.8 Å². The van der Waals surface area contributed by atoms with Crippen molar-refractivity contribution in [3.8, 4) is 0 Å². The highest BCUT2D eigenvalue weighted by molar-refractivity contribution is 7.20. The van der Waals surface area contributed by atoms with Crippen molar-refractivity contribution in [2.45, 2.75) is 26.3 Å². The Labute approximate surface area is 144 Å². The van der Waals surface area contributed by atoms with Gasteiger partial charge >= 0.3 is 0 Å². The van der Waals surface area contributed by atoms with Crippen molar-refractivity contribution in [1.29, 1.82) is 0 Å². The largest absolute Gasteiger partial charge is 0.368 e. The summed E-state index contributed by atoms with van der Waals surface area (Å²) < 4.78 is 1.06. The molecule has 2 rings (SSSR count). The molecule has 1 heterocycles. The second-order valence-electron chi connectivity index (χ2n) is 5.38. The minimum Gasteiger partial charge on any atom is -0.368 e. The number of thiophene rings is 1. The van der Waals surface area contributed by atoms with Gasteiger partial charge in [-0.3, -0.25) is 9.59 Å². The van der Waals surface area contributed by atoms with E-state index >= 15 is 0 Å². The van der Waals surface area contributed by atoms with Gasteiger partial charge in [0.15, 0.2) is 0 Å². The average molecular weight is 351 g/mol. The Morgan fingerprint density at radius 3 is 2.70 bits per heavy atom. The number of carbonyl (C=O) groups is 2. The summed E-state index contributed by atoms with van der Waals surface area (Å²) in [5.41, 5.74) is 5.35. The average Bonchev–Trinajstić information content (AvgIpc) is 2.86. The summed E-state index contributed by atoms with van der Waals surface area (Å²) in [6.45, 7) is 3.82. The number of amides is 2. The Morgan fingerprint density at radius 2 is 2.09 bits per heavy atom. The van der Waals surface area contributed by atoms with E-state index in [1.54, 1.807) is 6.08 Å². The summed E-state index contributed by atoms with van der Waals surface area (Å²) in [5.74, 6) is -0.901. The van der Waals surface area contributed by atoms with Crippen molar-refractivity contribution in [2.24, 2.45) is 11.7 Å². The molecule has 0 bridgehead atoms. The summed E-state index contributed by atoms with van der Waals surface area (Å²) in [6.07, 6.45) is 3.80. The van der Waals surface area contributed by atoms with E-state index in [0.717, 1.165) is 21.4 Å². The fourth-order valence-corrected chi connectivity index (χ4v) is 3.62. The topological polar surface area (TPSA) is 72.2 Å². The fraction of sp³-hybridized carbons (Fsp3) is 0.294. The maximum Gasteiger partial charge on any atom is 0.244 e. The third kappa shape index (κ3) is 4.12. The van der Waals surface area contributed by atoms with Gasteiger partial charge in [-0.2, -0.15) is 0 Å². The van der Waals surface area contributed by atoms with Gasteiger partial charge in [0, 0.05) is 21.0 Å². The van der Waals surface area contributed by atoms with Crippen molar-refractivity contribution >= 4 is 50.9 Å². The van der Waals surface area contributed by atoms with Crippen LogP contribution in [0.2, 0.25) is 5.02 Å². The third-order valence-corrected chi connectivity index (χ3v) is 5.42. The molecule has 0 saturated heterocycles. The molecule has 2 aromatic rings. The molecule has 0 aliphatic heterocycles. The van der Waals surface area contributed by atoms with Crippen molar-refractivity contribution in [3.63, 3.8) is 0 Å². The lowest BCUT2D eigenvalue weighted by molar-refractivity contribution is -0.126. The minimum absolute atomic E-state index is 0.0160. The van der Waals surface area contributed by atoms with Gasteiger partial charge in [-0.1, -0.05) is 50.1 Å². The van der Waals surface area contributed by atoms with Gasteiger partial charge in [0.05, 0.1) is 5.02 Å². The standard InChI is InChI=1S/C17H19ClN2O2S/c1-3-10(2)16(17(19)22)20-14(21)9-8-13-15(18)11-6-4-5-7-12(11)23-13/h4-10,16H,3H2,1-2H3,(H2,19,22)(H,20,21). The highest BCUT2D eigenvalue weighted by Crippen LogP contribution is 2.35. The number of fused-ring (bicyclic) bond motifs is 1. The number of hydrogen-bond donors (Lipinski definition) is 2. The number of nitrogens with one attached hydrogen (secondary N) is 1. The molecule has 0 aliphatic rings. The zero-order chi connectivity index (χ0) is 17.0. The zero-order valence-electron chi connectivity index (χ0n) is 13.0. The second-order valence-corrected chi connectivity index (χ2v) is 6.85. The van der Waals surface area contributed by atoms with E-state index in [4.69, 9.17) is 17.3 Å². The van der Waals surface area contributed by atoms with Gasteiger partial charge in [0.1, 0.15) is 6.04 Å². The van der Waals surface area contributed by atoms with Crippen LogP contribution < -0.4 is 11.1 Å². The molecule has 0 spiro atoms. The van der Waals surface area contributed by atoms with E-state index in [0.29, 0.717) is 5.02 Å². The Bertz CT molecular complexity index is 754. The molecule has 2 amide bonds. The van der Waals surface area contributed by atoms with Crippen LogP contribution in [0.25, 0.3) is 16.2 Å². The number of carbonyl (C=O) groups excluding carboxylic acids is 2. The summed E-state index contributed by atoms with van der Waals surface area (Å²) >= 11 is 7.83. The van der Waals surface area contributed by atoms with Crippen LogP contribution in [0.5, 0.6) is 0 Å². The number of benzene rings is 1. The fourth-order valence-electron chi connectivity index (χ4n) is 2.22. The summed E-state index contributed by atoms with van der Waals surface area (Å²) in [5, 5.41) is 4.25. The molecule has 1 aromatic heterocycles. The lowest BCUT2D eigenvalue weighted by atomic mass is 9.98. The van der Waals surface area contributed by atoms with E-state index in [9.17, 15) is 9.59 Å². The van der Waals surface area contributed by atoms with Crippen molar-refractivity contribution in [1.82, 2.24) is 5.32 Å². The number of hydrogen-bond acceptors (Lipinski definition) is 3. The lowest BCUT2D eigenvalue weighted by Gasteiger charge is -2.20. The molecule has 1 aromatic carbocycles. The number of primary amides is 1. The van der Waals surface area contributed by atoms with Gasteiger partial charge < -0.3 is 11.1 Å². The van der Waals surface area contributed by atoms with Gasteiger partial charge in [0.25, 0.3) is 0 Å². The second kappa shape index (κ2) is 7.62. The molecule has 23 heavy (non-hydrogen) atoms. The third-order valence-electron chi connectivity index (χ3n) is 3.76. The molecule has 0 saturated carbocycles. The molecule has 2 atom stereocenters. The number of rotatable bonds is 6. The molecule has 2 unspecified atom stereocenters. The van der Waals surface area contributed by atoms with E-state index < -0.39 is 11.9 Å². The number of halogens is 1. The quantitative estimate of drug-likeness (QED) is 0.781. The van der Waals surface area contributed by atoms with Crippen LogP contribution in [0.3, 0.4) is 0 Å². The molecule has 0 radical (unpaired) electrons. The zero-order valence-corrected chi connectivity index (χ0v) is 14.6. The van der Waals surface area contributed by atoms with Gasteiger partial charge in [-0.15, -0.1) is 11.3 Å². The summed E-state index contributed by atoms with van der Waals surface area (Å²) in [6, 6.07) is 7.12. The molecule has 6 heteroatoms. The van der Waals surface area contributed by atoms with Gasteiger partial charge in [-0.05, 0) is 18.1 Å². The van der Waals surface area contributed by atoms with Crippen molar-refractivity contribution in [2.75, 3.05) is 0 Å². The van der Waals surface area contributed by atoms with Crippen molar-refractivity contribution in [3.05, 3.63) is 40.2 Å². The van der Waals surface area contributed by atoms with Crippen LogP contribution in [0, 0.1) is 5.92 Å². The Hall–Kier alpha value is -1.85. The molecular weight excluding hydrogens is 332 g/mol. The Balaban J connectivity index is 2.13. The minimum atomic E-state index is -0.671. The Kier molecular flexibility index (Phi) is 5.80. The molecule has 4 nitrogen and oxygen atoms in total.